The van der Waals surface area contributed by atoms with Crippen molar-refractivity contribution in [2.24, 2.45) is 0 Å². The summed E-state index contributed by atoms with van der Waals surface area (Å²) in [5.74, 6) is 2.25. The molecule has 8 nitrogen and oxygen atoms in total. The maximum atomic E-state index is 11.6. The fourth-order valence-electron chi connectivity index (χ4n) is 4.90. The standard InChI is InChI=1S/C37H38N2O6/c1-2-42-37(41)27-44-33-17-18-34-35(23-33)38-21-19-36(34)45-32-15-13-28(14-16-32)20-22-39(24-29-9-5-3-6-10-29)25-30(40)26-43-31-11-7-4-8-12-31/h3-19,21,23,30,40H,2,20,22,24-27H2,1H3/t30-/m0/s1. The quantitative estimate of drug-likeness (QED) is 0.128. The predicted octanol–water partition coefficient (Wildman–Crippen LogP) is 6.45. The van der Waals surface area contributed by atoms with Gasteiger partial charge in [-0.1, -0.05) is 60.7 Å². The summed E-state index contributed by atoms with van der Waals surface area (Å²) in [7, 11) is 0. The molecule has 0 amide bonds. The largest absolute Gasteiger partial charge is 0.491 e. The lowest BCUT2D eigenvalue weighted by molar-refractivity contribution is -0.145. The van der Waals surface area contributed by atoms with Crippen LogP contribution in [-0.2, 0) is 22.5 Å². The topological polar surface area (TPSA) is 90.4 Å². The van der Waals surface area contributed by atoms with Crippen LogP contribution in [0, 0.1) is 0 Å². The average molecular weight is 607 g/mol. The van der Waals surface area contributed by atoms with E-state index in [9.17, 15) is 9.90 Å². The highest BCUT2D eigenvalue weighted by atomic mass is 16.6. The van der Waals surface area contributed by atoms with Gasteiger partial charge in [-0.25, -0.2) is 4.79 Å². The lowest BCUT2D eigenvalue weighted by Gasteiger charge is -2.25. The number of aromatic nitrogens is 1. The predicted molar refractivity (Wildman–Crippen MR) is 174 cm³/mol. The molecular formula is C37H38N2O6. The molecule has 45 heavy (non-hydrogen) atoms. The van der Waals surface area contributed by atoms with E-state index in [4.69, 9.17) is 18.9 Å². The first kappa shape index (κ1) is 31.5. The summed E-state index contributed by atoms with van der Waals surface area (Å²) in [6, 6.07) is 35.1. The number of pyridine rings is 1. The van der Waals surface area contributed by atoms with Crippen molar-refractivity contribution in [1.82, 2.24) is 9.88 Å². The van der Waals surface area contributed by atoms with Crippen molar-refractivity contribution in [2.45, 2.75) is 26.0 Å². The van der Waals surface area contributed by atoms with Crippen LogP contribution in [0.1, 0.15) is 18.1 Å². The first-order chi connectivity index (χ1) is 22.1. The van der Waals surface area contributed by atoms with Crippen LogP contribution in [0.5, 0.6) is 23.0 Å². The van der Waals surface area contributed by atoms with Gasteiger partial charge in [0.15, 0.2) is 6.61 Å². The van der Waals surface area contributed by atoms with Crippen LogP contribution in [0.25, 0.3) is 10.9 Å². The number of carbonyl (C=O) groups excluding carboxylic acids is 1. The van der Waals surface area contributed by atoms with Crippen LogP contribution in [0.3, 0.4) is 0 Å². The molecule has 0 bridgehead atoms. The zero-order valence-corrected chi connectivity index (χ0v) is 25.4. The highest BCUT2D eigenvalue weighted by Crippen LogP contribution is 2.31. The molecule has 5 rings (SSSR count). The summed E-state index contributed by atoms with van der Waals surface area (Å²) in [5, 5.41) is 11.6. The van der Waals surface area contributed by atoms with E-state index in [-0.39, 0.29) is 13.2 Å². The molecule has 0 spiro atoms. The number of aliphatic hydroxyl groups excluding tert-OH is 1. The SMILES string of the molecule is CCOC(=O)COc1ccc2c(Oc3ccc(CCN(Cc4ccccc4)C[C@H](O)COc4ccccc4)cc3)ccnc2c1. The molecule has 232 valence electrons. The van der Waals surface area contributed by atoms with Crippen LogP contribution in [0.2, 0.25) is 0 Å². The van der Waals surface area contributed by atoms with Crippen molar-refractivity contribution in [3.05, 3.63) is 127 Å². The molecule has 0 aliphatic heterocycles. The van der Waals surface area contributed by atoms with Crippen LogP contribution in [0.15, 0.2) is 115 Å². The molecule has 0 unspecified atom stereocenters. The molecule has 0 aliphatic carbocycles. The van der Waals surface area contributed by atoms with E-state index < -0.39 is 12.1 Å². The Bertz CT molecular complexity index is 1630. The van der Waals surface area contributed by atoms with E-state index in [0.29, 0.717) is 35.9 Å². The van der Waals surface area contributed by atoms with E-state index in [1.165, 1.54) is 11.1 Å². The third-order valence-electron chi connectivity index (χ3n) is 7.11. The molecule has 1 N–H and O–H groups in total. The van der Waals surface area contributed by atoms with Gasteiger partial charge in [0.05, 0.1) is 12.1 Å². The van der Waals surface area contributed by atoms with Crippen LogP contribution in [-0.4, -0.2) is 60.0 Å². The number of aliphatic hydroxyl groups is 1. The molecule has 8 heteroatoms. The second-order valence-electron chi connectivity index (χ2n) is 10.6. The lowest BCUT2D eigenvalue weighted by Crippen LogP contribution is -2.36. The summed E-state index contributed by atoms with van der Waals surface area (Å²) in [6.07, 6.45) is 1.87. The number of benzene rings is 4. The van der Waals surface area contributed by atoms with Gasteiger partial charge in [0.1, 0.15) is 35.7 Å². The van der Waals surface area contributed by atoms with Gasteiger partial charge in [-0.3, -0.25) is 9.88 Å². The third kappa shape index (κ3) is 9.79. The number of para-hydroxylation sites is 1. The van der Waals surface area contributed by atoms with Gasteiger partial charge in [0.2, 0.25) is 0 Å². The number of nitrogens with zero attached hydrogens (tertiary/aromatic N) is 2. The fraction of sp³-hybridized carbons (Fsp3) is 0.243. The number of fused-ring (bicyclic) bond motifs is 1. The minimum Gasteiger partial charge on any atom is -0.491 e. The highest BCUT2D eigenvalue weighted by Gasteiger charge is 2.14. The molecule has 1 aromatic heterocycles. The summed E-state index contributed by atoms with van der Waals surface area (Å²) < 4.78 is 22.5. The van der Waals surface area contributed by atoms with Crippen molar-refractivity contribution in [2.75, 3.05) is 32.9 Å². The maximum Gasteiger partial charge on any atom is 0.344 e. The second kappa shape index (κ2) is 16.2. The van der Waals surface area contributed by atoms with Gasteiger partial charge in [-0.2, -0.15) is 0 Å². The van der Waals surface area contributed by atoms with Crippen molar-refractivity contribution in [1.29, 1.82) is 0 Å². The zero-order chi connectivity index (χ0) is 31.3. The first-order valence-electron chi connectivity index (χ1n) is 15.1. The monoisotopic (exact) mass is 606 g/mol. The average Bonchev–Trinajstić information content (AvgIpc) is 3.07. The Labute approximate surface area is 263 Å². The molecule has 1 heterocycles. The van der Waals surface area contributed by atoms with Gasteiger partial charge >= 0.3 is 5.97 Å². The van der Waals surface area contributed by atoms with Crippen LogP contribution >= 0.6 is 0 Å². The molecule has 4 aromatic carbocycles. The Hall–Kier alpha value is -4.92. The van der Waals surface area contributed by atoms with Gasteiger partial charge in [0, 0.05) is 37.3 Å². The van der Waals surface area contributed by atoms with Gasteiger partial charge < -0.3 is 24.1 Å². The number of hydrogen-bond donors (Lipinski definition) is 1. The smallest absolute Gasteiger partial charge is 0.344 e. The normalized spacial score (nSPS) is 11.7. The Morgan fingerprint density at radius 1 is 0.822 bits per heavy atom. The molecule has 5 aromatic rings. The lowest BCUT2D eigenvalue weighted by atomic mass is 10.1. The number of hydrogen-bond acceptors (Lipinski definition) is 8. The van der Waals surface area contributed by atoms with Gasteiger partial charge in [-0.15, -0.1) is 0 Å². The second-order valence-corrected chi connectivity index (χ2v) is 10.6. The molecule has 0 aliphatic rings. The van der Waals surface area contributed by atoms with Crippen molar-refractivity contribution < 1.29 is 28.8 Å². The van der Waals surface area contributed by atoms with Crippen molar-refractivity contribution in [3.8, 4) is 23.0 Å². The molecule has 1 atom stereocenters. The van der Waals surface area contributed by atoms with Gasteiger partial charge in [0.25, 0.3) is 0 Å². The Balaban J connectivity index is 1.18. The van der Waals surface area contributed by atoms with Crippen LogP contribution in [0.4, 0.5) is 0 Å². The Morgan fingerprint density at radius 2 is 1.56 bits per heavy atom. The number of esters is 1. The Morgan fingerprint density at radius 3 is 2.31 bits per heavy atom. The molecular weight excluding hydrogens is 568 g/mol. The Kier molecular flexibility index (Phi) is 11.4. The van der Waals surface area contributed by atoms with E-state index in [1.807, 2.05) is 72.8 Å². The molecule has 0 fully saturated rings. The third-order valence-corrected chi connectivity index (χ3v) is 7.11. The fourth-order valence-corrected chi connectivity index (χ4v) is 4.90. The number of rotatable bonds is 16. The van der Waals surface area contributed by atoms with Crippen molar-refractivity contribution >= 4 is 16.9 Å². The molecule has 0 radical (unpaired) electrons. The summed E-state index contributed by atoms with van der Waals surface area (Å²) in [4.78, 5) is 18.3. The number of ether oxygens (including phenoxy) is 4. The summed E-state index contributed by atoms with van der Waals surface area (Å²) >= 11 is 0. The summed E-state index contributed by atoms with van der Waals surface area (Å²) in [6.45, 7) is 4.13. The minimum absolute atomic E-state index is 0.158. The maximum absolute atomic E-state index is 11.6. The van der Waals surface area contributed by atoms with E-state index in [0.717, 1.165) is 30.6 Å². The van der Waals surface area contributed by atoms with E-state index in [2.05, 4.69) is 34.1 Å². The van der Waals surface area contributed by atoms with Crippen LogP contribution < -0.4 is 14.2 Å². The molecule has 0 saturated heterocycles. The first-order valence-corrected chi connectivity index (χ1v) is 15.1. The summed E-state index contributed by atoms with van der Waals surface area (Å²) in [5.41, 5.74) is 3.05. The van der Waals surface area contributed by atoms with E-state index >= 15 is 0 Å². The van der Waals surface area contributed by atoms with Gasteiger partial charge in [-0.05, 0) is 66.9 Å². The zero-order valence-electron chi connectivity index (χ0n) is 25.4. The highest BCUT2D eigenvalue weighted by molar-refractivity contribution is 5.86. The van der Waals surface area contributed by atoms with E-state index in [1.54, 1.807) is 25.3 Å². The number of carbonyl (C=O) groups is 1. The molecule has 0 saturated carbocycles. The minimum atomic E-state index is -0.625. The van der Waals surface area contributed by atoms with Crippen molar-refractivity contribution in [3.63, 3.8) is 0 Å².